The maximum Gasteiger partial charge on any atom is 0.0396 e. The first-order valence-electron chi connectivity index (χ1n) is 4.82. The average molecular weight is 300 g/mol. The fourth-order valence-corrected chi connectivity index (χ4v) is 2.22. The van der Waals surface area contributed by atoms with Crippen LogP contribution in [0.2, 0.25) is 0 Å². The van der Waals surface area contributed by atoms with E-state index in [0.29, 0.717) is 0 Å². The molecule has 0 heterocycles. The van der Waals surface area contributed by atoms with Gasteiger partial charge in [0.1, 0.15) is 0 Å². The summed E-state index contributed by atoms with van der Waals surface area (Å²) in [5, 5.41) is 0. The minimum atomic E-state index is 0. The first-order chi connectivity index (χ1) is 6.86. The van der Waals surface area contributed by atoms with Crippen LogP contribution in [-0.4, -0.2) is 23.9 Å². The molecule has 0 saturated carbocycles. The third kappa shape index (κ3) is 1.55. The van der Waals surface area contributed by atoms with Gasteiger partial charge in [-0.3, -0.25) is 0 Å². The molecule has 72 valence electrons. The average Bonchev–Trinajstić information content (AvgIpc) is 2.57. The van der Waals surface area contributed by atoms with E-state index < -0.39 is 0 Å². The maximum atomic E-state index is 5.99. The molecule has 1 aliphatic carbocycles. The van der Waals surface area contributed by atoms with Gasteiger partial charge in [0.05, 0.1) is 0 Å². The Bertz CT molecular complexity index is 506. The van der Waals surface area contributed by atoms with Crippen molar-refractivity contribution in [1.82, 2.24) is 0 Å². The summed E-state index contributed by atoms with van der Waals surface area (Å²) in [6.45, 7) is 0. The summed E-state index contributed by atoms with van der Waals surface area (Å²) in [5.41, 5.74) is 12.2. The van der Waals surface area contributed by atoms with Crippen molar-refractivity contribution in [2.45, 2.75) is 6.42 Å². The number of hydrogen-bond acceptors (Lipinski definition) is 1. The number of anilines is 1. The topological polar surface area (TPSA) is 26.0 Å². The molecule has 3 rings (SSSR count). The number of hydrogen-bond donors (Lipinski definition) is 1. The second kappa shape index (κ2) is 3.89. The molecule has 0 amide bonds. The Morgan fingerprint density at radius 1 is 0.867 bits per heavy atom. The molecule has 0 unspecified atom stereocenters. The second-order valence-electron chi connectivity index (χ2n) is 3.72. The van der Waals surface area contributed by atoms with Crippen LogP contribution in [0.5, 0.6) is 0 Å². The molecule has 0 saturated heterocycles. The van der Waals surface area contributed by atoms with Gasteiger partial charge in [-0.2, -0.15) is 0 Å². The maximum absolute atomic E-state index is 5.99. The summed E-state index contributed by atoms with van der Waals surface area (Å²) in [4.78, 5) is 0. The van der Waals surface area contributed by atoms with Crippen molar-refractivity contribution in [1.29, 1.82) is 0 Å². The Morgan fingerprint density at radius 3 is 2.47 bits per heavy atom. The monoisotopic (exact) mass is 301 g/mol. The molecule has 1 nitrogen and oxygen atoms in total. The van der Waals surface area contributed by atoms with E-state index >= 15 is 0 Å². The van der Waals surface area contributed by atoms with Crippen molar-refractivity contribution in [3.05, 3.63) is 53.6 Å². The minimum absolute atomic E-state index is 0. The zero-order valence-electron chi connectivity index (χ0n) is 8.33. The van der Waals surface area contributed by atoms with E-state index in [1.54, 1.807) is 0 Å². The molecule has 2 heteroatoms. The molecule has 4 radical (unpaired) electrons. The van der Waals surface area contributed by atoms with Gasteiger partial charge in [0.2, 0.25) is 0 Å². The number of nitrogen functional groups attached to an aromatic ring is 1. The van der Waals surface area contributed by atoms with Gasteiger partial charge in [-0.05, 0) is 29.2 Å². The Kier molecular flexibility index (Phi) is 2.74. The van der Waals surface area contributed by atoms with Crippen molar-refractivity contribution in [2.75, 3.05) is 5.73 Å². The van der Waals surface area contributed by atoms with Crippen molar-refractivity contribution in [3.8, 4) is 11.1 Å². The van der Waals surface area contributed by atoms with Crippen LogP contribution in [0.4, 0.5) is 5.69 Å². The molecule has 0 aromatic heterocycles. The number of benzene rings is 2. The fraction of sp³-hybridized carbons (Fsp3) is 0.0769. The first-order valence-corrected chi connectivity index (χ1v) is 4.82. The normalized spacial score (nSPS) is 11.5. The number of rotatable bonds is 0. The smallest absolute Gasteiger partial charge is 0.0396 e. The molecule has 0 fully saturated rings. The molecule has 0 atom stereocenters. The van der Waals surface area contributed by atoms with E-state index in [2.05, 4.69) is 30.3 Å². The molecule has 0 aliphatic heterocycles. The fourth-order valence-electron chi connectivity index (χ4n) is 2.22. The van der Waals surface area contributed by atoms with E-state index in [1.165, 1.54) is 22.3 Å². The Morgan fingerprint density at radius 2 is 1.60 bits per heavy atom. The van der Waals surface area contributed by atoms with Gasteiger partial charge in [0, 0.05) is 35.2 Å². The van der Waals surface area contributed by atoms with Gasteiger partial charge in [-0.1, -0.05) is 36.4 Å². The van der Waals surface area contributed by atoms with Crippen LogP contribution in [0.25, 0.3) is 11.1 Å². The largest absolute Gasteiger partial charge is 0.398 e. The van der Waals surface area contributed by atoms with Gasteiger partial charge >= 0.3 is 0 Å². The summed E-state index contributed by atoms with van der Waals surface area (Å²) < 4.78 is 0. The Balaban J connectivity index is 0.000000853. The van der Waals surface area contributed by atoms with Crippen LogP contribution in [-0.2, 0) is 6.42 Å². The molecule has 2 aromatic rings. The van der Waals surface area contributed by atoms with Crippen LogP contribution in [0.15, 0.2) is 42.5 Å². The summed E-state index contributed by atoms with van der Waals surface area (Å²) in [7, 11) is 0. The van der Waals surface area contributed by atoms with Crippen molar-refractivity contribution in [3.63, 3.8) is 0 Å². The number of nitrogens with two attached hydrogens (primary N) is 1. The predicted octanol–water partition coefficient (Wildman–Crippen LogP) is 2.46. The summed E-state index contributed by atoms with van der Waals surface area (Å²) in [6.07, 6.45) is 1.02. The molecule has 15 heavy (non-hydrogen) atoms. The van der Waals surface area contributed by atoms with Crippen LogP contribution >= 0.6 is 0 Å². The number of fused-ring (bicyclic) bond motifs is 3. The zero-order valence-corrected chi connectivity index (χ0v) is 11.2. The Hall–Kier alpha value is -0.961. The molecule has 1 aliphatic rings. The second-order valence-corrected chi connectivity index (χ2v) is 3.72. The summed E-state index contributed by atoms with van der Waals surface area (Å²) in [6, 6.07) is 14.6. The standard InChI is InChI=1S/C13H11N.Sn/c14-12-7-3-5-10-8-9-4-1-2-6-11(9)13(10)12;/h1-7H,8,14H2;. The quantitative estimate of drug-likeness (QED) is 0.501. The van der Waals surface area contributed by atoms with Crippen molar-refractivity contribution >= 4 is 29.6 Å². The van der Waals surface area contributed by atoms with Gasteiger partial charge in [-0.25, -0.2) is 0 Å². The molecular formula is C13H11NSn. The van der Waals surface area contributed by atoms with Gasteiger partial charge < -0.3 is 5.73 Å². The van der Waals surface area contributed by atoms with Gasteiger partial charge in [0.25, 0.3) is 0 Å². The molecule has 0 spiro atoms. The molecule has 2 N–H and O–H groups in total. The van der Waals surface area contributed by atoms with Crippen LogP contribution in [0, 0.1) is 0 Å². The molecule has 2 aromatic carbocycles. The predicted molar refractivity (Wildman–Crippen MR) is 64.9 cm³/mol. The van der Waals surface area contributed by atoms with Crippen LogP contribution in [0.3, 0.4) is 0 Å². The van der Waals surface area contributed by atoms with E-state index in [0.717, 1.165) is 12.1 Å². The van der Waals surface area contributed by atoms with E-state index in [-0.39, 0.29) is 23.9 Å². The van der Waals surface area contributed by atoms with E-state index in [1.807, 2.05) is 12.1 Å². The van der Waals surface area contributed by atoms with Crippen molar-refractivity contribution in [2.24, 2.45) is 0 Å². The van der Waals surface area contributed by atoms with E-state index in [9.17, 15) is 0 Å². The first kappa shape index (κ1) is 10.6. The Labute approximate surface area is 106 Å². The third-order valence-corrected chi connectivity index (χ3v) is 2.85. The van der Waals surface area contributed by atoms with Crippen molar-refractivity contribution < 1.29 is 0 Å². The van der Waals surface area contributed by atoms with Gasteiger partial charge in [-0.15, -0.1) is 0 Å². The molecule has 0 bridgehead atoms. The zero-order chi connectivity index (χ0) is 9.54. The SMILES string of the molecule is Nc1cccc2c1-c1ccccc1C2.[Sn]. The summed E-state index contributed by atoms with van der Waals surface area (Å²) >= 11 is 0. The van der Waals surface area contributed by atoms with Gasteiger partial charge in [0.15, 0.2) is 0 Å². The minimum Gasteiger partial charge on any atom is -0.398 e. The summed E-state index contributed by atoms with van der Waals surface area (Å²) in [5.74, 6) is 0. The van der Waals surface area contributed by atoms with Crippen LogP contribution in [0.1, 0.15) is 11.1 Å². The van der Waals surface area contributed by atoms with E-state index in [4.69, 9.17) is 5.73 Å². The van der Waals surface area contributed by atoms with Crippen LogP contribution < -0.4 is 5.73 Å². The molecular weight excluding hydrogens is 289 g/mol. The third-order valence-electron chi connectivity index (χ3n) is 2.85.